The predicted molar refractivity (Wildman–Crippen MR) is 87.2 cm³/mol. The van der Waals surface area contributed by atoms with Crippen molar-refractivity contribution in [2.24, 2.45) is 5.92 Å². The number of ether oxygens (including phenoxy) is 1. The third-order valence-corrected chi connectivity index (χ3v) is 4.28. The summed E-state index contributed by atoms with van der Waals surface area (Å²) in [5, 5.41) is 10.2. The van der Waals surface area contributed by atoms with Crippen LogP contribution >= 0.6 is 0 Å². The van der Waals surface area contributed by atoms with Crippen molar-refractivity contribution in [1.82, 2.24) is 4.90 Å². The van der Waals surface area contributed by atoms with Crippen molar-refractivity contribution >= 4 is 16.9 Å². The standard InChI is InChI=1S/C18H23NO4/c1-12(2)22-11-15-14-5-3-4-6-16(14)23-17(15)18(21)19-8-7-13(9-19)10-20/h3-6,12-13,20H,7-11H2,1-2H3. The fraction of sp³-hybridized carbons (Fsp3) is 0.500. The maximum Gasteiger partial charge on any atom is 0.290 e. The van der Waals surface area contributed by atoms with E-state index in [4.69, 9.17) is 9.15 Å². The van der Waals surface area contributed by atoms with Crippen molar-refractivity contribution in [2.75, 3.05) is 19.7 Å². The van der Waals surface area contributed by atoms with E-state index in [1.54, 1.807) is 4.90 Å². The van der Waals surface area contributed by atoms with Gasteiger partial charge in [0.15, 0.2) is 5.76 Å². The lowest BCUT2D eigenvalue weighted by Crippen LogP contribution is -2.29. The Balaban J connectivity index is 1.92. The normalized spacial score (nSPS) is 18.3. The first kappa shape index (κ1) is 16.0. The number of aliphatic hydroxyl groups is 1. The van der Waals surface area contributed by atoms with Gasteiger partial charge in [-0.2, -0.15) is 0 Å². The van der Waals surface area contributed by atoms with Crippen LogP contribution in [0.25, 0.3) is 11.0 Å². The fourth-order valence-electron chi connectivity index (χ4n) is 2.97. The summed E-state index contributed by atoms with van der Waals surface area (Å²) in [4.78, 5) is 14.6. The number of likely N-dealkylation sites (tertiary alicyclic amines) is 1. The van der Waals surface area contributed by atoms with Gasteiger partial charge in [0.05, 0.1) is 12.7 Å². The maximum atomic E-state index is 12.8. The first-order valence-corrected chi connectivity index (χ1v) is 8.12. The van der Waals surface area contributed by atoms with E-state index in [9.17, 15) is 9.90 Å². The minimum absolute atomic E-state index is 0.0807. The van der Waals surface area contributed by atoms with Crippen molar-refractivity contribution in [3.8, 4) is 0 Å². The third-order valence-electron chi connectivity index (χ3n) is 4.28. The third kappa shape index (κ3) is 3.26. The molecule has 1 aromatic carbocycles. The first-order valence-electron chi connectivity index (χ1n) is 8.12. The van der Waals surface area contributed by atoms with Gasteiger partial charge >= 0.3 is 0 Å². The van der Waals surface area contributed by atoms with E-state index >= 15 is 0 Å². The molecule has 0 radical (unpaired) electrons. The minimum atomic E-state index is -0.112. The highest BCUT2D eigenvalue weighted by molar-refractivity contribution is 5.99. The lowest BCUT2D eigenvalue weighted by atomic mass is 10.1. The molecule has 5 heteroatoms. The molecule has 1 amide bonds. The highest BCUT2D eigenvalue weighted by atomic mass is 16.5. The highest BCUT2D eigenvalue weighted by Crippen LogP contribution is 2.29. The average molecular weight is 317 g/mol. The summed E-state index contributed by atoms with van der Waals surface area (Å²) in [5.41, 5.74) is 1.52. The van der Waals surface area contributed by atoms with Gasteiger partial charge in [-0.15, -0.1) is 0 Å². The van der Waals surface area contributed by atoms with Gasteiger partial charge in [-0.05, 0) is 26.3 Å². The van der Waals surface area contributed by atoms with Crippen LogP contribution in [0.1, 0.15) is 36.4 Å². The van der Waals surface area contributed by atoms with Crippen LogP contribution in [0.15, 0.2) is 28.7 Å². The number of hydrogen-bond acceptors (Lipinski definition) is 4. The monoisotopic (exact) mass is 317 g/mol. The number of benzene rings is 1. The summed E-state index contributed by atoms with van der Waals surface area (Å²) in [6.45, 7) is 5.65. The second-order valence-corrected chi connectivity index (χ2v) is 6.35. The molecule has 124 valence electrons. The van der Waals surface area contributed by atoms with E-state index in [1.807, 2.05) is 38.1 Å². The molecule has 2 aromatic rings. The second-order valence-electron chi connectivity index (χ2n) is 6.35. The van der Waals surface area contributed by atoms with Gasteiger partial charge < -0.3 is 19.2 Å². The summed E-state index contributed by atoms with van der Waals surface area (Å²) in [7, 11) is 0. The average Bonchev–Trinajstić information content (AvgIpc) is 3.16. The van der Waals surface area contributed by atoms with E-state index in [-0.39, 0.29) is 24.5 Å². The van der Waals surface area contributed by atoms with E-state index < -0.39 is 0 Å². The molecule has 1 unspecified atom stereocenters. The van der Waals surface area contributed by atoms with E-state index in [0.29, 0.717) is 31.0 Å². The van der Waals surface area contributed by atoms with Gasteiger partial charge in [0, 0.05) is 36.6 Å². The summed E-state index contributed by atoms with van der Waals surface area (Å²) in [6.07, 6.45) is 0.914. The SMILES string of the molecule is CC(C)OCc1c(C(=O)N2CCC(CO)C2)oc2ccccc12. The van der Waals surface area contributed by atoms with Crippen LogP contribution in [0.5, 0.6) is 0 Å². The van der Waals surface area contributed by atoms with Crippen LogP contribution in [0.2, 0.25) is 0 Å². The van der Waals surface area contributed by atoms with Crippen LogP contribution in [-0.2, 0) is 11.3 Å². The number of rotatable bonds is 5. The largest absolute Gasteiger partial charge is 0.451 e. The Kier molecular flexibility index (Phi) is 4.68. The zero-order valence-electron chi connectivity index (χ0n) is 13.6. The van der Waals surface area contributed by atoms with E-state index in [1.165, 1.54) is 0 Å². The van der Waals surface area contributed by atoms with Crippen molar-refractivity contribution < 1.29 is 19.1 Å². The second kappa shape index (κ2) is 6.72. The smallest absolute Gasteiger partial charge is 0.290 e. The van der Waals surface area contributed by atoms with Crippen LogP contribution in [0.3, 0.4) is 0 Å². The Labute approximate surface area is 135 Å². The molecular formula is C18H23NO4. The highest BCUT2D eigenvalue weighted by Gasteiger charge is 2.30. The van der Waals surface area contributed by atoms with Crippen molar-refractivity contribution in [1.29, 1.82) is 0 Å². The Morgan fingerprint density at radius 1 is 1.43 bits per heavy atom. The van der Waals surface area contributed by atoms with Crippen LogP contribution in [0.4, 0.5) is 0 Å². The summed E-state index contributed by atoms with van der Waals surface area (Å²) in [6, 6.07) is 7.65. The molecule has 2 heterocycles. The molecule has 0 saturated carbocycles. The van der Waals surface area contributed by atoms with Gasteiger partial charge in [0.1, 0.15) is 5.58 Å². The first-order chi connectivity index (χ1) is 11.1. The van der Waals surface area contributed by atoms with E-state index in [0.717, 1.165) is 17.4 Å². The summed E-state index contributed by atoms with van der Waals surface area (Å²) >= 11 is 0. The Bertz CT molecular complexity index is 691. The Hall–Kier alpha value is -1.85. The van der Waals surface area contributed by atoms with Crippen molar-refractivity contribution in [3.05, 3.63) is 35.6 Å². The molecule has 0 aliphatic carbocycles. The molecule has 1 aliphatic heterocycles. The van der Waals surface area contributed by atoms with Gasteiger partial charge in [-0.1, -0.05) is 18.2 Å². The number of aliphatic hydroxyl groups excluding tert-OH is 1. The molecular weight excluding hydrogens is 294 g/mol. The van der Waals surface area contributed by atoms with Gasteiger partial charge in [0.2, 0.25) is 0 Å². The van der Waals surface area contributed by atoms with E-state index in [2.05, 4.69) is 0 Å². The number of carbonyl (C=O) groups is 1. The summed E-state index contributed by atoms with van der Waals surface area (Å²) in [5.74, 6) is 0.420. The topological polar surface area (TPSA) is 62.9 Å². The molecule has 0 spiro atoms. The molecule has 1 aromatic heterocycles. The molecule has 23 heavy (non-hydrogen) atoms. The molecule has 5 nitrogen and oxygen atoms in total. The molecule has 1 fully saturated rings. The van der Waals surface area contributed by atoms with Gasteiger partial charge in [-0.25, -0.2) is 0 Å². The summed E-state index contributed by atoms with van der Waals surface area (Å²) < 4.78 is 11.6. The number of nitrogens with zero attached hydrogens (tertiary/aromatic N) is 1. The lowest BCUT2D eigenvalue weighted by molar-refractivity contribution is 0.0619. The van der Waals surface area contributed by atoms with Crippen molar-refractivity contribution in [3.63, 3.8) is 0 Å². The van der Waals surface area contributed by atoms with Crippen LogP contribution < -0.4 is 0 Å². The van der Waals surface area contributed by atoms with Crippen molar-refractivity contribution in [2.45, 2.75) is 33.0 Å². The van der Waals surface area contributed by atoms with Crippen LogP contribution in [0, 0.1) is 5.92 Å². The fourth-order valence-corrected chi connectivity index (χ4v) is 2.97. The molecule has 0 bridgehead atoms. The number of para-hydroxylation sites is 1. The maximum absolute atomic E-state index is 12.8. The number of furan rings is 1. The van der Waals surface area contributed by atoms with Crippen LogP contribution in [-0.4, -0.2) is 41.7 Å². The number of fused-ring (bicyclic) bond motifs is 1. The van der Waals surface area contributed by atoms with Gasteiger partial charge in [-0.3, -0.25) is 4.79 Å². The number of hydrogen-bond donors (Lipinski definition) is 1. The predicted octanol–water partition coefficient (Wildman–Crippen LogP) is 2.81. The molecule has 1 aliphatic rings. The molecule has 1 N–H and O–H groups in total. The minimum Gasteiger partial charge on any atom is -0.451 e. The lowest BCUT2D eigenvalue weighted by Gasteiger charge is -2.16. The Morgan fingerprint density at radius 2 is 2.22 bits per heavy atom. The molecule has 3 rings (SSSR count). The quantitative estimate of drug-likeness (QED) is 0.921. The zero-order chi connectivity index (χ0) is 16.4. The number of carbonyl (C=O) groups excluding carboxylic acids is 1. The molecule has 1 saturated heterocycles. The number of amides is 1. The van der Waals surface area contributed by atoms with Gasteiger partial charge in [0.25, 0.3) is 5.91 Å². The molecule has 1 atom stereocenters. The zero-order valence-corrected chi connectivity index (χ0v) is 13.6. The Morgan fingerprint density at radius 3 is 2.91 bits per heavy atom.